The zero-order chi connectivity index (χ0) is 24.3. The molecule has 0 fully saturated rings. The van der Waals surface area contributed by atoms with Crippen molar-refractivity contribution in [2.45, 2.75) is 38.8 Å². The van der Waals surface area contributed by atoms with Crippen LogP contribution >= 0.6 is 11.3 Å². The number of benzene rings is 1. The Balaban J connectivity index is 1.56. The zero-order valence-electron chi connectivity index (χ0n) is 19.5. The highest BCUT2D eigenvalue weighted by molar-refractivity contribution is 7.14. The Labute approximate surface area is 202 Å². The monoisotopic (exact) mass is 477 g/mol. The van der Waals surface area contributed by atoms with E-state index in [4.69, 9.17) is 4.74 Å². The van der Waals surface area contributed by atoms with Gasteiger partial charge in [0.2, 0.25) is 5.91 Å². The molecule has 0 saturated carbocycles. The number of hydrogen-bond acceptors (Lipinski definition) is 6. The minimum Gasteiger partial charge on any atom is -0.444 e. The molecule has 0 aliphatic carbocycles. The van der Waals surface area contributed by atoms with Gasteiger partial charge in [-0.05, 0) is 44.5 Å². The van der Waals surface area contributed by atoms with Crippen LogP contribution in [0.15, 0.2) is 60.2 Å². The predicted octanol–water partition coefficient (Wildman–Crippen LogP) is 4.77. The van der Waals surface area contributed by atoms with Crippen LogP contribution in [0.4, 0.5) is 9.93 Å². The van der Waals surface area contributed by atoms with Crippen LogP contribution in [-0.2, 0) is 23.0 Å². The number of rotatable bonds is 6. The summed E-state index contributed by atoms with van der Waals surface area (Å²) in [5.74, 6) is -0.374. The van der Waals surface area contributed by atoms with E-state index in [1.165, 1.54) is 11.3 Å². The molecule has 3 heterocycles. The molecule has 2 amide bonds. The number of nitrogens with one attached hydrogen (secondary N) is 2. The molecule has 0 aliphatic rings. The first kappa shape index (κ1) is 23.4. The number of pyridine rings is 1. The number of aromatic nitrogens is 3. The van der Waals surface area contributed by atoms with Crippen molar-refractivity contribution in [1.29, 1.82) is 0 Å². The number of anilines is 1. The summed E-state index contributed by atoms with van der Waals surface area (Å²) in [7, 11) is 1.96. The molecule has 0 aliphatic heterocycles. The maximum atomic E-state index is 13.3. The molecule has 0 spiro atoms. The summed E-state index contributed by atoms with van der Waals surface area (Å²) in [6.45, 7) is 5.34. The smallest absolute Gasteiger partial charge is 0.408 e. The second-order valence-corrected chi connectivity index (χ2v) is 9.79. The van der Waals surface area contributed by atoms with E-state index >= 15 is 0 Å². The Morgan fingerprint density at radius 3 is 2.62 bits per heavy atom. The predicted molar refractivity (Wildman–Crippen MR) is 134 cm³/mol. The minimum absolute atomic E-state index is 0.297. The van der Waals surface area contributed by atoms with Crippen molar-refractivity contribution < 1.29 is 14.3 Å². The molecule has 2 N–H and O–H groups in total. The lowest BCUT2D eigenvalue weighted by Gasteiger charge is -2.23. The first-order valence-corrected chi connectivity index (χ1v) is 11.8. The van der Waals surface area contributed by atoms with E-state index in [0.29, 0.717) is 17.2 Å². The van der Waals surface area contributed by atoms with Gasteiger partial charge in [0.25, 0.3) is 0 Å². The summed E-state index contributed by atoms with van der Waals surface area (Å²) in [5, 5.41) is 8.87. The molecule has 1 aromatic carbocycles. The lowest BCUT2D eigenvalue weighted by atomic mass is 10.0. The van der Waals surface area contributed by atoms with Gasteiger partial charge in [-0.2, -0.15) is 0 Å². The van der Waals surface area contributed by atoms with Gasteiger partial charge in [0.05, 0.1) is 5.69 Å². The van der Waals surface area contributed by atoms with Crippen LogP contribution in [0.3, 0.4) is 0 Å². The van der Waals surface area contributed by atoms with Crippen molar-refractivity contribution in [3.8, 4) is 11.4 Å². The van der Waals surface area contributed by atoms with Crippen LogP contribution in [0, 0.1) is 0 Å². The average Bonchev–Trinajstić information content (AvgIpc) is 3.37. The third-order valence-corrected chi connectivity index (χ3v) is 5.83. The summed E-state index contributed by atoms with van der Waals surface area (Å²) >= 11 is 1.30. The van der Waals surface area contributed by atoms with E-state index in [1.807, 2.05) is 65.7 Å². The van der Waals surface area contributed by atoms with E-state index in [1.54, 1.807) is 27.0 Å². The summed E-state index contributed by atoms with van der Waals surface area (Å²) in [6.07, 6.45) is 3.31. The van der Waals surface area contributed by atoms with Gasteiger partial charge in [0.1, 0.15) is 17.3 Å². The third kappa shape index (κ3) is 5.60. The van der Waals surface area contributed by atoms with Crippen LogP contribution < -0.4 is 10.6 Å². The Bertz CT molecular complexity index is 1310. The number of aryl methyl sites for hydroxylation is 1. The fourth-order valence-corrected chi connectivity index (χ4v) is 4.33. The van der Waals surface area contributed by atoms with Crippen molar-refractivity contribution in [2.24, 2.45) is 7.05 Å². The van der Waals surface area contributed by atoms with Crippen molar-refractivity contribution >= 4 is 39.4 Å². The number of amides is 2. The number of fused-ring (bicyclic) bond motifs is 1. The van der Waals surface area contributed by atoms with Crippen LogP contribution in [0.2, 0.25) is 0 Å². The maximum Gasteiger partial charge on any atom is 0.408 e. The molecule has 0 saturated heterocycles. The van der Waals surface area contributed by atoms with Crippen molar-refractivity contribution in [1.82, 2.24) is 19.9 Å². The number of carbonyl (C=O) groups is 2. The summed E-state index contributed by atoms with van der Waals surface area (Å²) in [4.78, 5) is 34.6. The molecule has 4 aromatic rings. The molecule has 0 bridgehead atoms. The van der Waals surface area contributed by atoms with Crippen molar-refractivity contribution in [3.63, 3.8) is 0 Å². The van der Waals surface area contributed by atoms with Crippen LogP contribution in [0.1, 0.15) is 26.3 Å². The normalized spacial score (nSPS) is 12.4. The second kappa shape index (κ2) is 9.64. The molecule has 9 heteroatoms. The highest BCUT2D eigenvalue weighted by Gasteiger charge is 2.26. The van der Waals surface area contributed by atoms with Crippen LogP contribution in [-0.4, -0.2) is 38.2 Å². The number of carbonyl (C=O) groups excluding carboxylic acids is 2. The topological polar surface area (TPSA) is 98.1 Å². The number of alkyl carbamates (subject to hydrolysis) is 1. The molecule has 1 atom stereocenters. The van der Waals surface area contributed by atoms with Gasteiger partial charge in [-0.15, -0.1) is 11.3 Å². The van der Waals surface area contributed by atoms with E-state index in [0.717, 1.165) is 22.2 Å². The van der Waals surface area contributed by atoms with Crippen molar-refractivity contribution in [2.75, 3.05) is 5.32 Å². The fraction of sp³-hybridized carbons (Fsp3) is 0.280. The second-order valence-electron chi connectivity index (χ2n) is 8.93. The largest absolute Gasteiger partial charge is 0.444 e. The lowest BCUT2D eigenvalue weighted by Crippen LogP contribution is -2.47. The summed E-state index contributed by atoms with van der Waals surface area (Å²) < 4.78 is 7.41. The first-order valence-electron chi connectivity index (χ1n) is 10.9. The molecule has 3 aromatic heterocycles. The van der Waals surface area contributed by atoms with E-state index < -0.39 is 17.7 Å². The number of hydrogen-bond donors (Lipinski definition) is 2. The standard InChI is InChI=1S/C25H27N5O3S/c1-25(2,3)33-24(32)28-19(13-16-14-30(4)21-11-6-5-9-17(16)21)22(31)29-23-27-20(15-34-23)18-10-7-8-12-26-18/h5-12,14-15,19H,13H2,1-4H3,(H,28,32)(H,27,29,31)/t19-/m1/s1. The molecule has 34 heavy (non-hydrogen) atoms. The van der Waals surface area contributed by atoms with Gasteiger partial charge < -0.3 is 19.9 Å². The SMILES string of the molecule is Cn1cc(C[C@@H](NC(=O)OC(C)(C)C)C(=O)Nc2nc(-c3ccccn3)cs2)c2ccccc21. The number of ether oxygens (including phenoxy) is 1. The van der Waals surface area contributed by atoms with E-state index in [2.05, 4.69) is 20.6 Å². The number of para-hydroxylation sites is 1. The molecular formula is C25H27N5O3S. The Kier molecular flexibility index (Phi) is 6.65. The molecule has 4 rings (SSSR count). The quantitative estimate of drug-likeness (QED) is 0.417. The third-order valence-electron chi connectivity index (χ3n) is 5.07. The Morgan fingerprint density at radius 2 is 1.88 bits per heavy atom. The molecular weight excluding hydrogens is 450 g/mol. The van der Waals surface area contributed by atoms with Crippen LogP contribution in [0.5, 0.6) is 0 Å². The first-order chi connectivity index (χ1) is 16.2. The van der Waals surface area contributed by atoms with Gasteiger partial charge in [-0.25, -0.2) is 9.78 Å². The fourth-order valence-electron chi connectivity index (χ4n) is 3.62. The summed E-state index contributed by atoms with van der Waals surface area (Å²) in [5.41, 5.74) is 2.71. The van der Waals surface area contributed by atoms with Crippen molar-refractivity contribution in [3.05, 3.63) is 65.8 Å². The van der Waals surface area contributed by atoms with Crippen LogP contribution in [0.25, 0.3) is 22.3 Å². The number of thiazole rings is 1. The Hall–Kier alpha value is -3.72. The molecule has 8 nitrogen and oxygen atoms in total. The highest BCUT2D eigenvalue weighted by atomic mass is 32.1. The van der Waals surface area contributed by atoms with E-state index in [9.17, 15) is 9.59 Å². The number of nitrogens with zero attached hydrogens (tertiary/aromatic N) is 3. The maximum absolute atomic E-state index is 13.3. The Morgan fingerprint density at radius 1 is 1.12 bits per heavy atom. The summed E-state index contributed by atoms with van der Waals surface area (Å²) in [6, 6.07) is 12.7. The van der Waals surface area contributed by atoms with Gasteiger partial charge in [0, 0.05) is 42.1 Å². The van der Waals surface area contributed by atoms with Gasteiger partial charge >= 0.3 is 6.09 Å². The zero-order valence-corrected chi connectivity index (χ0v) is 20.3. The van der Waals surface area contributed by atoms with Gasteiger partial charge in [-0.3, -0.25) is 9.78 Å². The van der Waals surface area contributed by atoms with Gasteiger partial charge in [0.15, 0.2) is 5.13 Å². The molecule has 176 valence electrons. The van der Waals surface area contributed by atoms with Gasteiger partial charge in [-0.1, -0.05) is 24.3 Å². The minimum atomic E-state index is -0.858. The lowest BCUT2D eigenvalue weighted by molar-refractivity contribution is -0.118. The molecule has 0 unspecified atom stereocenters. The highest BCUT2D eigenvalue weighted by Crippen LogP contribution is 2.25. The van der Waals surface area contributed by atoms with E-state index in [-0.39, 0.29) is 5.91 Å². The molecule has 0 radical (unpaired) electrons. The average molecular weight is 478 g/mol.